The van der Waals surface area contributed by atoms with Crippen molar-refractivity contribution in [1.82, 2.24) is 5.01 Å². The third-order valence-electron chi connectivity index (χ3n) is 6.01. The van der Waals surface area contributed by atoms with Crippen LogP contribution in [0.15, 0.2) is 59.7 Å². The third kappa shape index (κ3) is 2.89. The molecule has 7 heteroatoms. The van der Waals surface area contributed by atoms with E-state index in [0.29, 0.717) is 11.3 Å². The fraction of sp³-hybridized carbons (Fsp3) is 0.261. The zero-order valence-corrected chi connectivity index (χ0v) is 16.2. The summed E-state index contributed by atoms with van der Waals surface area (Å²) in [4.78, 5) is 25.5. The molecule has 0 spiro atoms. The number of hydrogen-bond acceptors (Lipinski definition) is 5. The van der Waals surface area contributed by atoms with Crippen molar-refractivity contribution in [2.24, 2.45) is 28.8 Å². The number of carbonyl (C=O) groups is 2. The van der Waals surface area contributed by atoms with Crippen LogP contribution in [0.2, 0.25) is 0 Å². The minimum absolute atomic E-state index is 0.0124. The number of fused-ring (bicyclic) bond motifs is 5. The molecule has 1 heterocycles. The molecular weight excluding hydrogens is 387 g/mol. The predicted octanol–water partition coefficient (Wildman–Crippen LogP) is 3.77. The Kier molecular flexibility index (Phi) is 4.38. The Labute approximate surface area is 172 Å². The number of hydrazone groups is 1. The summed E-state index contributed by atoms with van der Waals surface area (Å²) in [6, 6.07) is 11.4. The van der Waals surface area contributed by atoms with E-state index in [1.54, 1.807) is 24.3 Å². The highest BCUT2D eigenvalue weighted by Gasteiger charge is 2.59. The molecule has 6 nitrogen and oxygen atoms in total. The summed E-state index contributed by atoms with van der Waals surface area (Å²) >= 11 is 0. The summed E-state index contributed by atoms with van der Waals surface area (Å²) in [6.45, 7) is 0. The molecule has 0 aromatic heterocycles. The molecule has 2 aromatic carbocycles. The first-order valence-corrected chi connectivity index (χ1v) is 9.77. The highest BCUT2D eigenvalue weighted by Crippen LogP contribution is 2.52. The lowest BCUT2D eigenvalue weighted by Gasteiger charge is -2.13. The van der Waals surface area contributed by atoms with E-state index < -0.39 is 5.82 Å². The Bertz CT molecular complexity index is 1050. The first-order chi connectivity index (χ1) is 14.6. The summed E-state index contributed by atoms with van der Waals surface area (Å²) in [5, 5.41) is 5.09. The summed E-state index contributed by atoms with van der Waals surface area (Å²) in [5.41, 5.74) is 0.392. The molecular formula is C23H19FN2O4. The number of methoxy groups -OCH3 is 1. The molecule has 2 aromatic rings. The van der Waals surface area contributed by atoms with E-state index in [4.69, 9.17) is 9.47 Å². The zero-order chi connectivity index (χ0) is 20.8. The first kappa shape index (κ1) is 18.5. The summed E-state index contributed by atoms with van der Waals surface area (Å²) in [7, 11) is 1.41. The average Bonchev–Trinajstić information content (AvgIpc) is 3.43. The van der Waals surface area contributed by atoms with E-state index in [9.17, 15) is 14.0 Å². The van der Waals surface area contributed by atoms with E-state index in [1.165, 1.54) is 25.5 Å². The second-order valence-corrected chi connectivity index (χ2v) is 7.67. The number of carbonyl (C=O) groups excluding carboxylic acids is 2. The van der Waals surface area contributed by atoms with Gasteiger partial charge in [-0.05, 0) is 36.5 Å². The topological polar surface area (TPSA) is 68.2 Å². The van der Waals surface area contributed by atoms with Crippen LogP contribution in [0.5, 0.6) is 17.2 Å². The number of nitrogens with zero attached hydrogens (tertiary/aromatic N) is 2. The Morgan fingerprint density at radius 1 is 1.03 bits per heavy atom. The van der Waals surface area contributed by atoms with Crippen molar-refractivity contribution in [2.75, 3.05) is 7.11 Å². The van der Waals surface area contributed by atoms with Crippen LogP contribution in [0.25, 0.3) is 0 Å². The Morgan fingerprint density at radius 3 is 2.33 bits per heavy atom. The molecule has 5 rings (SSSR count). The molecule has 0 radical (unpaired) electrons. The molecule has 2 aliphatic carbocycles. The Balaban J connectivity index is 1.43. The summed E-state index contributed by atoms with van der Waals surface area (Å²) in [5.74, 6) is -0.887. The maximum absolute atomic E-state index is 14.4. The molecule has 1 saturated heterocycles. The minimum atomic E-state index is -0.599. The van der Waals surface area contributed by atoms with Gasteiger partial charge in [-0.25, -0.2) is 4.39 Å². The van der Waals surface area contributed by atoms with E-state index in [2.05, 4.69) is 5.10 Å². The number of hydrogen-bond donors (Lipinski definition) is 0. The highest BCUT2D eigenvalue weighted by atomic mass is 19.1. The van der Waals surface area contributed by atoms with Crippen molar-refractivity contribution in [2.45, 2.75) is 6.42 Å². The predicted molar refractivity (Wildman–Crippen MR) is 107 cm³/mol. The number of imide groups is 1. The molecule has 30 heavy (non-hydrogen) atoms. The molecule has 2 amide bonds. The lowest BCUT2D eigenvalue weighted by molar-refractivity contribution is -0.140. The standard InChI is InChI=1S/C23H19FN2O4/c1-29-18-11-17(24)19(30-16-5-3-2-4-6-16)10-15(18)12-25-26-22(27)20-13-7-8-14(9-13)21(20)23(26)28/h2-8,10-14,20-21H,9H2,1H3. The van der Waals surface area contributed by atoms with Gasteiger partial charge in [-0.15, -0.1) is 0 Å². The van der Waals surface area contributed by atoms with Gasteiger partial charge < -0.3 is 9.47 Å². The largest absolute Gasteiger partial charge is 0.496 e. The number of allylic oxidation sites excluding steroid dienone is 2. The van der Waals surface area contributed by atoms with Crippen molar-refractivity contribution >= 4 is 18.0 Å². The van der Waals surface area contributed by atoms with Crippen molar-refractivity contribution in [3.05, 3.63) is 66.0 Å². The lowest BCUT2D eigenvalue weighted by Crippen LogP contribution is -2.28. The van der Waals surface area contributed by atoms with Crippen LogP contribution in [0.1, 0.15) is 12.0 Å². The van der Waals surface area contributed by atoms with Crippen molar-refractivity contribution in [3.63, 3.8) is 0 Å². The van der Waals surface area contributed by atoms with E-state index in [-0.39, 0.29) is 47.0 Å². The maximum Gasteiger partial charge on any atom is 0.254 e. The first-order valence-electron chi connectivity index (χ1n) is 9.77. The summed E-state index contributed by atoms with van der Waals surface area (Å²) < 4.78 is 25.3. The van der Waals surface area contributed by atoms with E-state index in [1.807, 2.05) is 18.2 Å². The van der Waals surface area contributed by atoms with E-state index >= 15 is 0 Å². The van der Waals surface area contributed by atoms with Gasteiger partial charge in [-0.1, -0.05) is 30.4 Å². The number of amides is 2. The van der Waals surface area contributed by atoms with Crippen LogP contribution in [-0.2, 0) is 9.59 Å². The monoisotopic (exact) mass is 406 g/mol. The fourth-order valence-corrected chi connectivity index (χ4v) is 4.64. The SMILES string of the molecule is COc1cc(F)c(Oc2ccccc2)cc1C=NN1C(=O)C2C3C=CC(C3)C2C1=O. The summed E-state index contributed by atoms with van der Waals surface area (Å²) in [6.07, 6.45) is 6.25. The van der Waals surface area contributed by atoms with Gasteiger partial charge in [-0.2, -0.15) is 10.1 Å². The van der Waals surface area contributed by atoms with Gasteiger partial charge in [-0.3, -0.25) is 9.59 Å². The van der Waals surface area contributed by atoms with Crippen LogP contribution in [0.3, 0.4) is 0 Å². The normalized spacial score (nSPS) is 26.7. The molecule has 4 unspecified atom stereocenters. The van der Waals surface area contributed by atoms with Crippen molar-refractivity contribution < 1.29 is 23.5 Å². The molecule has 4 atom stereocenters. The fourth-order valence-electron chi connectivity index (χ4n) is 4.64. The molecule has 2 bridgehead atoms. The number of rotatable bonds is 5. The molecule has 2 fully saturated rings. The van der Waals surface area contributed by atoms with Gasteiger partial charge in [0.25, 0.3) is 11.8 Å². The highest BCUT2D eigenvalue weighted by molar-refractivity contribution is 6.06. The van der Waals surface area contributed by atoms with Gasteiger partial charge in [0.15, 0.2) is 11.6 Å². The Morgan fingerprint density at radius 2 is 1.70 bits per heavy atom. The average molecular weight is 406 g/mol. The smallest absolute Gasteiger partial charge is 0.254 e. The third-order valence-corrected chi connectivity index (χ3v) is 6.01. The molecule has 3 aliphatic rings. The number of ether oxygens (including phenoxy) is 2. The lowest BCUT2D eigenvalue weighted by atomic mass is 9.85. The molecule has 152 valence electrons. The van der Waals surface area contributed by atoms with Crippen molar-refractivity contribution in [3.8, 4) is 17.2 Å². The molecule has 1 aliphatic heterocycles. The van der Waals surface area contributed by atoms with Gasteiger partial charge in [0, 0.05) is 11.6 Å². The number of benzene rings is 2. The maximum atomic E-state index is 14.4. The van der Waals surface area contributed by atoms with Crippen LogP contribution in [-0.4, -0.2) is 30.1 Å². The van der Waals surface area contributed by atoms with Crippen LogP contribution in [0.4, 0.5) is 4.39 Å². The molecule has 1 saturated carbocycles. The second kappa shape index (κ2) is 7.09. The number of para-hydroxylation sites is 1. The quantitative estimate of drug-likeness (QED) is 0.431. The van der Waals surface area contributed by atoms with Crippen LogP contribution < -0.4 is 9.47 Å². The zero-order valence-electron chi connectivity index (χ0n) is 16.2. The van der Waals surface area contributed by atoms with Crippen LogP contribution >= 0.6 is 0 Å². The van der Waals surface area contributed by atoms with Crippen molar-refractivity contribution in [1.29, 1.82) is 0 Å². The van der Waals surface area contributed by atoms with E-state index in [0.717, 1.165) is 11.4 Å². The van der Waals surface area contributed by atoms with Crippen LogP contribution in [0, 0.1) is 29.5 Å². The van der Waals surface area contributed by atoms with Gasteiger partial charge in [0.05, 0.1) is 25.2 Å². The van der Waals surface area contributed by atoms with Gasteiger partial charge >= 0.3 is 0 Å². The Hall–Kier alpha value is -3.48. The number of halogens is 1. The minimum Gasteiger partial charge on any atom is -0.496 e. The van der Waals surface area contributed by atoms with Gasteiger partial charge in [0.1, 0.15) is 11.5 Å². The second-order valence-electron chi connectivity index (χ2n) is 7.67. The van der Waals surface area contributed by atoms with Gasteiger partial charge in [0.2, 0.25) is 0 Å². The molecule has 0 N–H and O–H groups in total.